The molecule has 0 unspecified atom stereocenters. The van der Waals surface area contributed by atoms with Gasteiger partial charge in [0.05, 0.1) is 9.88 Å². The number of carbonyl (C=O) groups is 1. The predicted molar refractivity (Wildman–Crippen MR) is 75.8 cm³/mol. The number of thiophene rings is 1. The van der Waals surface area contributed by atoms with Gasteiger partial charge in [-0.1, -0.05) is 24.3 Å². The van der Waals surface area contributed by atoms with E-state index in [9.17, 15) is 4.79 Å². The molecule has 0 spiro atoms. The molecule has 18 heavy (non-hydrogen) atoms. The molecule has 1 aromatic heterocycles. The van der Waals surface area contributed by atoms with Gasteiger partial charge in [0.25, 0.3) is 0 Å². The first-order valence-electron chi connectivity index (χ1n) is 6.23. The maximum Gasteiger partial charge on any atom is 0.160 e. The number of fused-ring (bicyclic) bond motifs is 1. The highest BCUT2D eigenvalue weighted by Crippen LogP contribution is 2.27. The largest absolute Gasteiger partial charge is 0.363 e. The number of nitrogens with zero attached hydrogens (tertiary/aromatic N) is 1. The summed E-state index contributed by atoms with van der Waals surface area (Å²) in [5, 5.41) is 1.21. The lowest BCUT2D eigenvalue weighted by molar-refractivity contribution is 0.112. The smallest absolute Gasteiger partial charge is 0.160 e. The van der Waals surface area contributed by atoms with Gasteiger partial charge in [-0.15, -0.1) is 11.3 Å². The summed E-state index contributed by atoms with van der Waals surface area (Å²) >= 11 is 1.59. The standard InChI is InChI=1S/C15H15NOS/c17-11-14-5-6-15(18-14)16-9-7-12-3-1-2-4-13(12)8-10-16/h1-6,11H,7-10H2. The molecule has 2 nitrogen and oxygen atoms in total. The number of rotatable bonds is 2. The lowest BCUT2D eigenvalue weighted by Gasteiger charge is -2.20. The van der Waals surface area contributed by atoms with Gasteiger partial charge < -0.3 is 4.90 Å². The molecular weight excluding hydrogens is 242 g/mol. The second-order valence-electron chi connectivity index (χ2n) is 4.55. The highest BCUT2D eigenvalue weighted by molar-refractivity contribution is 7.17. The molecule has 1 aliphatic rings. The van der Waals surface area contributed by atoms with Crippen molar-refractivity contribution in [1.29, 1.82) is 0 Å². The van der Waals surface area contributed by atoms with Crippen LogP contribution in [0, 0.1) is 0 Å². The fraction of sp³-hybridized carbons (Fsp3) is 0.267. The third-order valence-electron chi connectivity index (χ3n) is 3.46. The molecule has 0 atom stereocenters. The molecule has 3 heteroatoms. The van der Waals surface area contributed by atoms with E-state index in [1.54, 1.807) is 11.3 Å². The van der Waals surface area contributed by atoms with Crippen LogP contribution in [-0.4, -0.2) is 19.4 Å². The van der Waals surface area contributed by atoms with Crippen LogP contribution in [0.1, 0.15) is 20.8 Å². The number of hydrogen-bond acceptors (Lipinski definition) is 3. The maximum atomic E-state index is 10.7. The van der Waals surface area contributed by atoms with E-state index in [1.165, 1.54) is 16.1 Å². The minimum Gasteiger partial charge on any atom is -0.363 e. The van der Waals surface area contributed by atoms with Crippen LogP contribution in [0.2, 0.25) is 0 Å². The first-order valence-corrected chi connectivity index (χ1v) is 7.05. The molecule has 0 saturated heterocycles. The van der Waals surface area contributed by atoms with E-state index in [2.05, 4.69) is 35.2 Å². The Morgan fingerprint density at radius 2 is 1.67 bits per heavy atom. The number of hydrogen-bond donors (Lipinski definition) is 0. The van der Waals surface area contributed by atoms with Crippen LogP contribution in [-0.2, 0) is 12.8 Å². The Bertz CT molecular complexity index is 534. The van der Waals surface area contributed by atoms with Gasteiger partial charge in [0, 0.05) is 13.1 Å². The molecule has 2 heterocycles. The quantitative estimate of drug-likeness (QED) is 0.770. The number of benzene rings is 1. The molecule has 1 aromatic carbocycles. The predicted octanol–water partition coefficient (Wildman–Crippen LogP) is 3.17. The highest BCUT2D eigenvalue weighted by Gasteiger charge is 2.15. The van der Waals surface area contributed by atoms with Gasteiger partial charge in [-0.2, -0.15) is 0 Å². The third-order valence-corrected chi connectivity index (χ3v) is 4.53. The minimum absolute atomic E-state index is 0.812. The molecule has 0 amide bonds. The normalized spacial score (nSPS) is 15.0. The number of anilines is 1. The summed E-state index contributed by atoms with van der Waals surface area (Å²) in [5.74, 6) is 0. The van der Waals surface area contributed by atoms with Crippen molar-refractivity contribution >= 4 is 22.6 Å². The van der Waals surface area contributed by atoms with Gasteiger partial charge in [0.1, 0.15) is 0 Å². The second kappa shape index (κ2) is 4.94. The van der Waals surface area contributed by atoms with Gasteiger partial charge >= 0.3 is 0 Å². The zero-order valence-corrected chi connectivity index (χ0v) is 11.0. The van der Waals surface area contributed by atoms with Crippen LogP contribution < -0.4 is 4.90 Å². The monoisotopic (exact) mass is 257 g/mol. The van der Waals surface area contributed by atoms with Crippen LogP contribution in [0.4, 0.5) is 5.00 Å². The first-order chi connectivity index (χ1) is 8.86. The summed E-state index contributed by atoms with van der Waals surface area (Å²) in [6.45, 7) is 2.08. The van der Waals surface area contributed by atoms with Crippen molar-refractivity contribution in [2.24, 2.45) is 0 Å². The molecule has 0 N–H and O–H groups in total. The Labute approximate surface area is 111 Å². The third kappa shape index (κ3) is 2.18. The molecule has 0 aliphatic carbocycles. The van der Waals surface area contributed by atoms with Crippen molar-refractivity contribution in [3.8, 4) is 0 Å². The summed E-state index contributed by atoms with van der Waals surface area (Å²) in [6.07, 6.45) is 3.11. The SMILES string of the molecule is O=Cc1ccc(N2CCc3ccccc3CC2)s1. The Hall–Kier alpha value is -1.61. The number of aldehydes is 1. The second-order valence-corrected chi connectivity index (χ2v) is 5.64. The van der Waals surface area contributed by atoms with E-state index in [4.69, 9.17) is 0 Å². The van der Waals surface area contributed by atoms with Gasteiger partial charge in [-0.25, -0.2) is 0 Å². The fourth-order valence-electron chi connectivity index (χ4n) is 2.46. The van der Waals surface area contributed by atoms with Crippen LogP contribution in [0.5, 0.6) is 0 Å². The summed E-state index contributed by atoms with van der Waals surface area (Å²) in [5.41, 5.74) is 2.93. The van der Waals surface area contributed by atoms with Crippen LogP contribution >= 0.6 is 11.3 Å². The van der Waals surface area contributed by atoms with Crippen molar-refractivity contribution in [3.05, 3.63) is 52.4 Å². The molecule has 0 radical (unpaired) electrons. The lowest BCUT2D eigenvalue weighted by Crippen LogP contribution is -2.24. The zero-order valence-electron chi connectivity index (χ0n) is 10.1. The van der Waals surface area contributed by atoms with E-state index in [1.807, 2.05) is 6.07 Å². The average molecular weight is 257 g/mol. The Morgan fingerprint density at radius 3 is 2.22 bits per heavy atom. The Morgan fingerprint density at radius 1 is 1.00 bits per heavy atom. The van der Waals surface area contributed by atoms with Crippen molar-refractivity contribution in [2.45, 2.75) is 12.8 Å². The Balaban J connectivity index is 1.80. The Kier molecular flexibility index (Phi) is 3.15. The summed E-state index contributed by atoms with van der Waals surface area (Å²) in [6, 6.07) is 12.7. The van der Waals surface area contributed by atoms with Crippen molar-refractivity contribution in [2.75, 3.05) is 18.0 Å². The summed E-state index contributed by atoms with van der Waals surface area (Å²) in [4.78, 5) is 13.9. The van der Waals surface area contributed by atoms with Crippen LogP contribution in [0.25, 0.3) is 0 Å². The van der Waals surface area contributed by atoms with Gasteiger partial charge in [-0.3, -0.25) is 4.79 Å². The van der Waals surface area contributed by atoms with Crippen molar-refractivity contribution < 1.29 is 4.79 Å². The summed E-state index contributed by atoms with van der Waals surface area (Å²) < 4.78 is 0. The molecule has 0 fully saturated rings. The number of carbonyl (C=O) groups excluding carboxylic acids is 1. The van der Waals surface area contributed by atoms with Gasteiger partial charge in [-0.05, 0) is 36.1 Å². The van der Waals surface area contributed by atoms with Crippen LogP contribution in [0.15, 0.2) is 36.4 Å². The minimum atomic E-state index is 0.812. The molecule has 0 bridgehead atoms. The van der Waals surface area contributed by atoms with Crippen molar-refractivity contribution in [3.63, 3.8) is 0 Å². The van der Waals surface area contributed by atoms with Gasteiger partial charge in [0.15, 0.2) is 6.29 Å². The van der Waals surface area contributed by atoms with E-state index in [-0.39, 0.29) is 0 Å². The van der Waals surface area contributed by atoms with E-state index < -0.39 is 0 Å². The first kappa shape index (κ1) is 11.5. The molecule has 92 valence electrons. The zero-order chi connectivity index (χ0) is 12.4. The van der Waals surface area contributed by atoms with Gasteiger partial charge in [0.2, 0.25) is 0 Å². The van der Waals surface area contributed by atoms with Crippen molar-refractivity contribution in [1.82, 2.24) is 0 Å². The summed E-state index contributed by atoms with van der Waals surface area (Å²) in [7, 11) is 0. The maximum absolute atomic E-state index is 10.7. The molecule has 3 rings (SSSR count). The fourth-order valence-corrected chi connectivity index (χ4v) is 3.34. The average Bonchev–Trinajstić information content (AvgIpc) is 2.79. The van der Waals surface area contributed by atoms with E-state index in [0.29, 0.717) is 0 Å². The molecule has 1 aliphatic heterocycles. The topological polar surface area (TPSA) is 20.3 Å². The lowest BCUT2D eigenvalue weighted by atomic mass is 10.0. The van der Waals surface area contributed by atoms with E-state index >= 15 is 0 Å². The molecular formula is C15H15NOS. The van der Waals surface area contributed by atoms with Crippen LogP contribution in [0.3, 0.4) is 0 Å². The van der Waals surface area contributed by atoms with E-state index in [0.717, 1.165) is 37.1 Å². The highest BCUT2D eigenvalue weighted by atomic mass is 32.1. The molecule has 0 saturated carbocycles. The molecule has 2 aromatic rings.